The average molecular weight is 463 g/mol. The van der Waals surface area contributed by atoms with E-state index in [1.54, 1.807) is 26.4 Å². The molecule has 1 fully saturated rings. The molecule has 1 aromatic rings. The van der Waals surface area contributed by atoms with Crippen molar-refractivity contribution in [2.75, 3.05) is 27.3 Å². The van der Waals surface area contributed by atoms with Gasteiger partial charge in [0.2, 0.25) is 0 Å². The van der Waals surface area contributed by atoms with Gasteiger partial charge in [-0.25, -0.2) is 0 Å². The fraction of sp³-hybridized carbons (Fsp3) is 0.611. The van der Waals surface area contributed by atoms with Gasteiger partial charge in [0, 0.05) is 12.6 Å². The van der Waals surface area contributed by atoms with Gasteiger partial charge in [-0.3, -0.25) is 4.99 Å². The maximum Gasteiger partial charge on any atom is 0.191 e. The number of aliphatic hydroxyl groups excluding tert-OH is 1. The Balaban J connectivity index is 0.00000312. The van der Waals surface area contributed by atoms with E-state index < -0.39 is 6.10 Å². The number of guanidine groups is 1. The van der Waals surface area contributed by atoms with Crippen molar-refractivity contribution in [3.8, 4) is 11.5 Å². The normalized spacial score (nSPS) is 16.1. The van der Waals surface area contributed by atoms with Crippen LogP contribution in [-0.4, -0.2) is 44.4 Å². The molecular formula is C18H30IN3O3. The van der Waals surface area contributed by atoms with Crippen molar-refractivity contribution >= 4 is 29.9 Å². The van der Waals surface area contributed by atoms with Crippen molar-refractivity contribution < 1.29 is 14.6 Å². The molecule has 0 bridgehead atoms. The molecule has 1 aromatic carbocycles. The molecule has 6 nitrogen and oxygen atoms in total. The Bertz CT molecular complexity index is 548. The largest absolute Gasteiger partial charge is 0.493 e. The second-order valence-electron chi connectivity index (χ2n) is 5.98. The predicted molar refractivity (Wildman–Crippen MR) is 111 cm³/mol. The maximum atomic E-state index is 10.4. The Kier molecular flexibility index (Phi) is 9.96. The van der Waals surface area contributed by atoms with Crippen LogP contribution in [0.5, 0.6) is 11.5 Å². The van der Waals surface area contributed by atoms with Crippen LogP contribution in [-0.2, 0) is 0 Å². The van der Waals surface area contributed by atoms with Crippen molar-refractivity contribution in [3.05, 3.63) is 23.8 Å². The zero-order valence-electron chi connectivity index (χ0n) is 15.2. The molecule has 0 heterocycles. The van der Waals surface area contributed by atoms with Gasteiger partial charge in [-0.05, 0) is 37.5 Å². The quantitative estimate of drug-likeness (QED) is 0.330. The average Bonchev–Trinajstić information content (AvgIpc) is 3.12. The second kappa shape index (κ2) is 11.4. The van der Waals surface area contributed by atoms with E-state index in [2.05, 4.69) is 15.6 Å². The first-order valence-corrected chi connectivity index (χ1v) is 8.62. The number of rotatable bonds is 7. The first kappa shape index (κ1) is 21.8. The zero-order valence-corrected chi connectivity index (χ0v) is 17.6. The fourth-order valence-electron chi connectivity index (χ4n) is 2.93. The summed E-state index contributed by atoms with van der Waals surface area (Å²) in [6.07, 6.45) is 4.21. The lowest BCUT2D eigenvalue weighted by Crippen LogP contribution is -2.42. The summed E-state index contributed by atoms with van der Waals surface area (Å²) in [4.78, 5) is 4.52. The van der Waals surface area contributed by atoms with Gasteiger partial charge in [0.25, 0.3) is 0 Å². The fourth-order valence-corrected chi connectivity index (χ4v) is 2.93. The van der Waals surface area contributed by atoms with Crippen LogP contribution in [0.2, 0.25) is 0 Å². The number of hydrogen-bond donors (Lipinski definition) is 3. The predicted octanol–water partition coefficient (Wildman–Crippen LogP) is 2.85. The van der Waals surface area contributed by atoms with E-state index in [0.717, 1.165) is 18.1 Å². The van der Waals surface area contributed by atoms with Gasteiger partial charge < -0.3 is 25.2 Å². The third kappa shape index (κ3) is 6.54. The first-order chi connectivity index (χ1) is 11.7. The van der Waals surface area contributed by atoms with Crippen LogP contribution in [0.3, 0.4) is 0 Å². The molecule has 0 saturated heterocycles. The lowest BCUT2D eigenvalue weighted by Gasteiger charge is -2.18. The highest BCUT2D eigenvalue weighted by molar-refractivity contribution is 14.0. The van der Waals surface area contributed by atoms with Gasteiger partial charge in [-0.15, -0.1) is 24.0 Å². The van der Waals surface area contributed by atoms with Crippen LogP contribution in [0.25, 0.3) is 0 Å². The van der Waals surface area contributed by atoms with Crippen LogP contribution in [0.4, 0.5) is 0 Å². The summed E-state index contributed by atoms with van der Waals surface area (Å²) in [5, 5.41) is 17.1. The molecule has 0 spiro atoms. The molecule has 7 heteroatoms. The molecule has 0 radical (unpaired) electrons. The van der Waals surface area contributed by atoms with E-state index in [4.69, 9.17) is 9.47 Å². The molecule has 1 saturated carbocycles. The van der Waals surface area contributed by atoms with E-state index in [9.17, 15) is 5.11 Å². The van der Waals surface area contributed by atoms with E-state index >= 15 is 0 Å². The topological polar surface area (TPSA) is 75.1 Å². The molecule has 1 aliphatic rings. The van der Waals surface area contributed by atoms with Gasteiger partial charge in [-0.2, -0.15) is 0 Å². The van der Waals surface area contributed by atoms with Gasteiger partial charge in [0.15, 0.2) is 17.5 Å². The number of halogens is 1. The highest BCUT2D eigenvalue weighted by Gasteiger charge is 2.16. The van der Waals surface area contributed by atoms with Gasteiger partial charge in [0.1, 0.15) is 0 Å². The number of nitrogens with zero attached hydrogens (tertiary/aromatic N) is 1. The van der Waals surface area contributed by atoms with Crippen molar-refractivity contribution in [1.29, 1.82) is 0 Å². The number of methoxy groups -OCH3 is 2. The third-order valence-electron chi connectivity index (χ3n) is 4.25. The number of nitrogens with one attached hydrogen (secondary N) is 2. The molecule has 1 aliphatic carbocycles. The smallest absolute Gasteiger partial charge is 0.191 e. The van der Waals surface area contributed by atoms with Gasteiger partial charge in [0.05, 0.1) is 26.9 Å². The number of hydrogen-bond acceptors (Lipinski definition) is 4. The summed E-state index contributed by atoms with van der Waals surface area (Å²) < 4.78 is 10.5. The van der Waals surface area contributed by atoms with E-state index in [-0.39, 0.29) is 30.5 Å². The van der Waals surface area contributed by atoms with Crippen LogP contribution in [0.1, 0.15) is 44.3 Å². The molecule has 142 valence electrons. The lowest BCUT2D eigenvalue weighted by molar-refractivity contribution is 0.186. The molecule has 0 aromatic heterocycles. The molecule has 0 amide bonds. The number of aliphatic imine (C=N–C) groups is 1. The first-order valence-electron chi connectivity index (χ1n) is 8.62. The summed E-state index contributed by atoms with van der Waals surface area (Å²) >= 11 is 0. The van der Waals surface area contributed by atoms with Crippen molar-refractivity contribution in [1.82, 2.24) is 10.6 Å². The van der Waals surface area contributed by atoms with Crippen LogP contribution in [0.15, 0.2) is 23.2 Å². The molecular weight excluding hydrogens is 433 g/mol. The Hall–Kier alpha value is -1.22. The summed E-state index contributed by atoms with van der Waals surface area (Å²) in [7, 11) is 3.18. The van der Waals surface area contributed by atoms with Crippen LogP contribution in [0, 0.1) is 0 Å². The minimum absolute atomic E-state index is 0. The van der Waals surface area contributed by atoms with Crippen molar-refractivity contribution in [3.63, 3.8) is 0 Å². The van der Waals surface area contributed by atoms with Gasteiger partial charge in [-0.1, -0.05) is 18.9 Å². The summed E-state index contributed by atoms with van der Waals surface area (Å²) in [6, 6.07) is 5.90. The summed E-state index contributed by atoms with van der Waals surface area (Å²) in [5.74, 6) is 2.02. The Labute approximate surface area is 167 Å². The molecule has 1 atom stereocenters. The number of ether oxygens (including phenoxy) is 2. The SMILES string of the molecule is CCNC(=NCC(O)c1ccc(OC)c(OC)c1)NC1CCCC1.I. The third-order valence-corrected chi connectivity index (χ3v) is 4.25. The minimum Gasteiger partial charge on any atom is -0.493 e. The van der Waals surface area contributed by atoms with Crippen molar-refractivity contribution in [2.24, 2.45) is 4.99 Å². The Morgan fingerprint density at radius 2 is 1.92 bits per heavy atom. The molecule has 3 N–H and O–H groups in total. The van der Waals surface area contributed by atoms with Gasteiger partial charge >= 0.3 is 0 Å². The van der Waals surface area contributed by atoms with E-state index in [1.807, 2.05) is 13.0 Å². The Morgan fingerprint density at radius 3 is 2.52 bits per heavy atom. The molecule has 0 aliphatic heterocycles. The zero-order chi connectivity index (χ0) is 17.4. The Morgan fingerprint density at radius 1 is 1.24 bits per heavy atom. The van der Waals surface area contributed by atoms with Crippen molar-refractivity contribution in [2.45, 2.75) is 44.8 Å². The van der Waals surface area contributed by atoms with Crippen LogP contribution >= 0.6 is 24.0 Å². The molecule has 2 rings (SSSR count). The maximum absolute atomic E-state index is 10.4. The second-order valence-corrected chi connectivity index (χ2v) is 5.98. The summed E-state index contributed by atoms with van der Waals surface area (Å²) in [5.41, 5.74) is 0.758. The molecule has 25 heavy (non-hydrogen) atoms. The molecule has 1 unspecified atom stereocenters. The summed E-state index contributed by atoms with van der Waals surface area (Å²) in [6.45, 7) is 3.12. The number of aliphatic hydroxyl groups is 1. The minimum atomic E-state index is -0.691. The van der Waals surface area contributed by atoms with E-state index in [0.29, 0.717) is 17.5 Å². The van der Waals surface area contributed by atoms with Crippen LogP contribution < -0.4 is 20.1 Å². The number of benzene rings is 1. The lowest BCUT2D eigenvalue weighted by atomic mass is 10.1. The monoisotopic (exact) mass is 463 g/mol. The van der Waals surface area contributed by atoms with E-state index in [1.165, 1.54) is 25.7 Å². The highest BCUT2D eigenvalue weighted by Crippen LogP contribution is 2.30. The standard InChI is InChI=1S/C18H29N3O3.HI/c1-4-19-18(21-14-7-5-6-8-14)20-12-15(22)13-9-10-16(23-2)17(11-13)24-3;/h9-11,14-15,22H,4-8,12H2,1-3H3,(H2,19,20,21);1H. The highest BCUT2D eigenvalue weighted by atomic mass is 127.